The third-order valence-corrected chi connectivity index (χ3v) is 5.45. The van der Waals surface area contributed by atoms with Crippen LogP contribution in [0.25, 0.3) is 10.9 Å². The number of nitrogens with one attached hydrogen (secondary N) is 1. The first kappa shape index (κ1) is 20.7. The first-order chi connectivity index (χ1) is 14.9. The zero-order chi connectivity index (χ0) is 22.1. The molecule has 160 valence electrons. The zero-order valence-electron chi connectivity index (χ0n) is 17.0. The molecule has 0 radical (unpaired) electrons. The number of nitrogens with zero attached hydrogens (tertiary/aromatic N) is 2. The van der Waals surface area contributed by atoms with E-state index in [4.69, 9.17) is 5.11 Å². The summed E-state index contributed by atoms with van der Waals surface area (Å²) in [5, 5.41) is 23.0. The SMILES string of the molecule is CN1Cc2c(c(O)c3ncc(Cc4ccc(F)cc4)cc3c2CC(=O)NCCO)C1=O. The predicted molar refractivity (Wildman–Crippen MR) is 112 cm³/mol. The van der Waals surface area contributed by atoms with E-state index in [1.165, 1.54) is 17.0 Å². The van der Waals surface area contributed by atoms with Gasteiger partial charge < -0.3 is 20.4 Å². The lowest BCUT2D eigenvalue weighted by atomic mass is 9.93. The number of aliphatic hydroxyl groups is 1. The maximum atomic E-state index is 13.2. The van der Waals surface area contributed by atoms with Gasteiger partial charge in [-0.25, -0.2) is 4.39 Å². The van der Waals surface area contributed by atoms with Crippen molar-refractivity contribution in [1.82, 2.24) is 15.2 Å². The van der Waals surface area contributed by atoms with E-state index in [0.717, 1.165) is 11.1 Å². The second-order valence-electron chi connectivity index (χ2n) is 7.64. The Balaban J connectivity index is 1.82. The second kappa shape index (κ2) is 8.31. The Kier molecular flexibility index (Phi) is 5.56. The molecule has 0 spiro atoms. The van der Waals surface area contributed by atoms with E-state index in [2.05, 4.69) is 10.3 Å². The van der Waals surface area contributed by atoms with Crippen LogP contribution in [-0.4, -0.2) is 52.1 Å². The van der Waals surface area contributed by atoms with Crippen LogP contribution in [-0.2, 0) is 24.2 Å². The summed E-state index contributed by atoms with van der Waals surface area (Å²) in [4.78, 5) is 30.9. The van der Waals surface area contributed by atoms with Crippen LogP contribution in [0.15, 0.2) is 36.5 Å². The first-order valence-corrected chi connectivity index (χ1v) is 9.91. The number of aromatic hydroxyl groups is 1. The van der Waals surface area contributed by atoms with Crippen molar-refractivity contribution in [2.24, 2.45) is 0 Å². The summed E-state index contributed by atoms with van der Waals surface area (Å²) >= 11 is 0. The van der Waals surface area contributed by atoms with Crippen molar-refractivity contribution in [2.75, 3.05) is 20.2 Å². The Morgan fingerprint density at radius 1 is 1.26 bits per heavy atom. The molecule has 7 nitrogen and oxygen atoms in total. The Labute approximate surface area is 178 Å². The lowest BCUT2D eigenvalue weighted by Crippen LogP contribution is -2.28. The molecule has 2 aromatic carbocycles. The standard InChI is InChI=1S/C23H22FN3O4/c1-27-12-18-16(10-19(29)25-6-7-28)17-9-14(8-13-2-4-15(24)5-3-13)11-26-21(17)22(30)20(18)23(27)31/h2-5,9,11,28,30H,6-8,10,12H2,1H3,(H,25,29). The maximum absolute atomic E-state index is 13.2. The highest BCUT2D eigenvalue weighted by molar-refractivity contribution is 6.08. The normalized spacial score (nSPS) is 13.0. The Morgan fingerprint density at radius 2 is 2.00 bits per heavy atom. The molecule has 0 atom stereocenters. The van der Waals surface area contributed by atoms with Crippen molar-refractivity contribution in [1.29, 1.82) is 0 Å². The Hall–Kier alpha value is -3.52. The summed E-state index contributed by atoms with van der Waals surface area (Å²) in [7, 11) is 1.63. The largest absolute Gasteiger partial charge is 0.505 e. The minimum atomic E-state index is -0.316. The molecule has 0 fully saturated rings. The predicted octanol–water partition coefficient (Wildman–Crippen LogP) is 1.91. The summed E-state index contributed by atoms with van der Waals surface area (Å²) in [5.74, 6) is -1.11. The molecular weight excluding hydrogens is 401 g/mol. The second-order valence-corrected chi connectivity index (χ2v) is 7.64. The van der Waals surface area contributed by atoms with Crippen LogP contribution in [0.1, 0.15) is 32.6 Å². The van der Waals surface area contributed by atoms with Crippen LogP contribution in [0.4, 0.5) is 4.39 Å². The van der Waals surface area contributed by atoms with Gasteiger partial charge in [-0.3, -0.25) is 14.6 Å². The molecule has 1 aromatic heterocycles. The van der Waals surface area contributed by atoms with E-state index >= 15 is 0 Å². The minimum Gasteiger partial charge on any atom is -0.505 e. The molecule has 8 heteroatoms. The number of rotatable bonds is 6. The van der Waals surface area contributed by atoms with Gasteiger partial charge in [-0.15, -0.1) is 0 Å². The molecule has 2 amide bonds. The summed E-state index contributed by atoms with van der Waals surface area (Å²) < 4.78 is 13.2. The lowest BCUT2D eigenvalue weighted by Gasteiger charge is -2.14. The average Bonchev–Trinajstić information content (AvgIpc) is 3.05. The van der Waals surface area contributed by atoms with E-state index in [9.17, 15) is 19.1 Å². The highest BCUT2D eigenvalue weighted by Crippen LogP contribution is 2.39. The summed E-state index contributed by atoms with van der Waals surface area (Å²) in [5.41, 5.74) is 3.40. The number of carbonyl (C=O) groups is 2. The number of pyridine rings is 1. The van der Waals surface area contributed by atoms with E-state index in [-0.39, 0.29) is 60.6 Å². The number of phenols is 1. The van der Waals surface area contributed by atoms with Crippen LogP contribution >= 0.6 is 0 Å². The van der Waals surface area contributed by atoms with Crippen molar-refractivity contribution >= 4 is 22.7 Å². The molecule has 31 heavy (non-hydrogen) atoms. The average molecular weight is 423 g/mol. The first-order valence-electron chi connectivity index (χ1n) is 9.91. The smallest absolute Gasteiger partial charge is 0.258 e. The molecule has 1 aliphatic heterocycles. The monoisotopic (exact) mass is 423 g/mol. The van der Waals surface area contributed by atoms with Crippen molar-refractivity contribution in [2.45, 2.75) is 19.4 Å². The van der Waals surface area contributed by atoms with E-state index in [1.54, 1.807) is 25.4 Å². The summed E-state index contributed by atoms with van der Waals surface area (Å²) in [6, 6.07) is 8.01. The number of benzene rings is 2. The van der Waals surface area contributed by atoms with E-state index < -0.39 is 0 Å². The van der Waals surface area contributed by atoms with Gasteiger partial charge >= 0.3 is 0 Å². The highest BCUT2D eigenvalue weighted by atomic mass is 19.1. The fourth-order valence-electron chi connectivity index (χ4n) is 3.96. The van der Waals surface area contributed by atoms with E-state index in [0.29, 0.717) is 22.9 Å². The molecule has 0 saturated carbocycles. The molecule has 0 aliphatic carbocycles. The number of amides is 2. The molecule has 2 heterocycles. The molecule has 4 rings (SSSR count). The number of fused-ring (bicyclic) bond motifs is 2. The zero-order valence-corrected chi connectivity index (χ0v) is 17.0. The molecule has 0 bridgehead atoms. The molecular formula is C23H22FN3O4. The van der Waals surface area contributed by atoms with Crippen molar-refractivity contribution in [3.05, 3.63) is 70.2 Å². The van der Waals surface area contributed by atoms with Gasteiger partial charge in [0.25, 0.3) is 5.91 Å². The van der Waals surface area contributed by atoms with Crippen LogP contribution in [0.5, 0.6) is 5.75 Å². The van der Waals surface area contributed by atoms with Crippen LogP contribution in [0, 0.1) is 5.82 Å². The molecule has 0 unspecified atom stereocenters. The van der Waals surface area contributed by atoms with Gasteiger partial charge in [0, 0.05) is 31.7 Å². The number of halogens is 1. The summed E-state index contributed by atoms with van der Waals surface area (Å²) in [6.07, 6.45) is 2.09. The molecule has 1 aliphatic rings. The molecule has 3 N–H and O–H groups in total. The van der Waals surface area contributed by atoms with Crippen molar-refractivity contribution in [3.8, 4) is 5.75 Å². The van der Waals surface area contributed by atoms with E-state index in [1.807, 2.05) is 6.07 Å². The minimum absolute atomic E-state index is 0.0120. The fourth-order valence-corrected chi connectivity index (χ4v) is 3.96. The van der Waals surface area contributed by atoms with Crippen LogP contribution in [0.3, 0.4) is 0 Å². The third kappa shape index (κ3) is 3.94. The highest BCUT2D eigenvalue weighted by Gasteiger charge is 2.33. The summed E-state index contributed by atoms with van der Waals surface area (Å²) in [6.45, 7) is 0.233. The lowest BCUT2D eigenvalue weighted by molar-refractivity contribution is -0.120. The number of aromatic nitrogens is 1. The molecule has 3 aromatic rings. The number of hydrogen-bond acceptors (Lipinski definition) is 5. The maximum Gasteiger partial charge on any atom is 0.258 e. The van der Waals surface area contributed by atoms with Gasteiger partial charge in [0.15, 0.2) is 5.75 Å². The van der Waals surface area contributed by atoms with Gasteiger partial charge in [0.2, 0.25) is 5.91 Å². The van der Waals surface area contributed by atoms with Gasteiger partial charge in [-0.2, -0.15) is 0 Å². The van der Waals surface area contributed by atoms with Gasteiger partial charge in [0.1, 0.15) is 11.3 Å². The molecule has 0 saturated heterocycles. The Bertz CT molecular complexity index is 1180. The topological polar surface area (TPSA) is 103 Å². The van der Waals surface area contributed by atoms with Gasteiger partial charge in [0.05, 0.1) is 18.6 Å². The number of phenolic OH excluding ortho intramolecular Hbond substituents is 1. The van der Waals surface area contributed by atoms with Crippen LogP contribution in [0.2, 0.25) is 0 Å². The van der Waals surface area contributed by atoms with Gasteiger partial charge in [-0.1, -0.05) is 12.1 Å². The Morgan fingerprint density at radius 3 is 2.71 bits per heavy atom. The quantitative estimate of drug-likeness (QED) is 0.562. The van der Waals surface area contributed by atoms with Crippen molar-refractivity contribution in [3.63, 3.8) is 0 Å². The number of carbonyl (C=O) groups excluding carboxylic acids is 2. The number of aliphatic hydroxyl groups excluding tert-OH is 1. The van der Waals surface area contributed by atoms with Crippen molar-refractivity contribution < 1.29 is 24.2 Å². The third-order valence-electron chi connectivity index (χ3n) is 5.45. The number of hydrogen-bond donors (Lipinski definition) is 3. The fraction of sp³-hybridized carbons (Fsp3) is 0.261. The van der Waals surface area contributed by atoms with Crippen LogP contribution < -0.4 is 5.32 Å². The van der Waals surface area contributed by atoms with Gasteiger partial charge in [-0.05, 0) is 46.9 Å².